The summed E-state index contributed by atoms with van der Waals surface area (Å²) in [4.78, 5) is 22.4. The van der Waals surface area contributed by atoms with Crippen molar-refractivity contribution in [2.75, 3.05) is 0 Å². The van der Waals surface area contributed by atoms with E-state index in [1.165, 1.54) is 10.4 Å². The molecule has 1 aliphatic carbocycles. The quantitative estimate of drug-likeness (QED) is 0.513. The number of rotatable bonds is 3. The fourth-order valence-corrected chi connectivity index (χ4v) is 5.51. The van der Waals surface area contributed by atoms with Gasteiger partial charge in [0.05, 0.1) is 5.39 Å². The summed E-state index contributed by atoms with van der Waals surface area (Å²) in [6.07, 6.45) is 3.23. The Bertz CT molecular complexity index is 946. The van der Waals surface area contributed by atoms with E-state index in [0.29, 0.717) is 11.1 Å². The van der Waals surface area contributed by atoms with Crippen molar-refractivity contribution in [2.45, 2.75) is 37.1 Å². The van der Waals surface area contributed by atoms with Gasteiger partial charge >= 0.3 is 0 Å². The largest absolute Gasteiger partial charge is 0.301 e. The Kier molecular flexibility index (Phi) is 4.41. The number of nitrogens with zero attached hydrogens (tertiary/aromatic N) is 1. The van der Waals surface area contributed by atoms with Crippen LogP contribution in [0.5, 0.6) is 0 Å². The first-order chi connectivity index (χ1) is 11.6. The fourth-order valence-electron chi connectivity index (χ4n) is 3.13. The van der Waals surface area contributed by atoms with Crippen LogP contribution in [-0.4, -0.2) is 9.97 Å². The molecule has 0 unspecified atom stereocenters. The highest BCUT2D eigenvalue weighted by molar-refractivity contribution is 7.98. The van der Waals surface area contributed by atoms with E-state index in [1.807, 2.05) is 24.3 Å². The molecule has 1 aromatic carbocycles. The molecule has 0 amide bonds. The molecule has 24 heavy (non-hydrogen) atoms. The van der Waals surface area contributed by atoms with Crippen molar-refractivity contribution in [3.8, 4) is 0 Å². The van der Waals surface area contributed by atoms with Gasteiger partial charge in [-0.25, -0.2) is 4.98 Å². The maximum Gasteiger partial charge on any atom is 0.260 e. The number of hydrogen-bond acceptors (Lipinski definition) is 4. The second kappa shape index (κ2) is 6.54. The van der Waals surface area contributed by atoms with Gasteiger partial charge in [0.2, 0.25) is 0 Å². The van der Waals surface area contributed by atoms with Crippen LogP contribution in [0, 0.1) is 5.92 Å². The first-order valence-electron chi connectivity index (χ1n) is 8.02. The molecule has 1 aliphatic rings. The normalized spacial score (nSPS) is 17.2. The summed E-state index contributed by atoms with van der Waals surface area (Å²) in [6, 6.07) is 7.75. The molecule has 0 saturated carbocycles. The number of thiophene rings is 1. The molecule has 0 fully saturated rings. The zero-order chi connectivity index (χ0) is 16.7. The van der Waals surface area contributed by atoms with Crippen molar-refractivity contribution >= 4 is 44.9 Å². The van der Waals surface area contributed by atoms with Gasteiger partial charge in [-0.05, 0) is 48.4 Å². The number of nitrogens with one attached hydrogen (secondary N) is 1. The molecule has 2 aromatic heterocycles. The lowest BCUT2D eigenvalue weighted by molar-refractivity contribution is 0.509. The van der Waals surface area contributed by atoms with Gasteiger partial charge in [0, 0.05) is 15.7 Å². The number of aromatic nitrogens is 2. The Morgan fingerprint density at radius 3 is 2.96 bits per heavy atom. The monoisotopic (exact) mass is 376 g/mol. The van der Waals surface area contributed by atoms with Crippen molar-refractivity contribution in [3.63, 3.8) is 0 Å². The van der Waals surface area contributed by atoms with Crippen molar-refractivity contribution in [1.82, 2.24) is 9.97 Å². The number of hydrogen-bond donors (Lipinski definition) is 1. The average molecular weight is 377 g/mol. The molecule has 4 rings (SSSR count). The summed E-state index contributed by atoms with van der Waals surface area (Å²) in [5, 5.41) is 2.24. The molecule has 0 aliphatic heterocycles. The van der Waals surface area contributed by atoms with E-state index in [9.17, 15) is 4.79 Å². The zero-order valence-electron chi connectivity index (χ0n) is 13.3. The molecule has 0 bridgehead atoms. The summed E-state index contributed by atoms with van der Waals surface area (Å²) >= 11 is 9.15. The topological polar surface area (TPSA) is 45.8 Å². The van der Waals surface area contributed by atoms with Crippen LogP contribution >= 0.6 is 34.7 Å². The van der Waals surface area contributed by atoms with Gasteiger partial charge in [-0.1, -0.05) is 42.4 Å². The summed E-state index contributed by atoms with van der Waals surface area (Å²) < 4.78 is 0. The van der Waals surface area contributed by atoms with Crippen LogP contribution in [0.2, 0.25) is 5.02 Å². The standard InChI is InChI=1S/C18H17ClN2OS2/c1-10-2-7-13-14(8-10)24-17-15(13)16(22)20-18(21-17)23-9-11-3-5-12(19)6-4-11/h3-6,10H,2,7-9H2,1H3,(H,20,21,22)/t10-/m1/s1. The smallest absolute Gasteiger partial charge is 0.260 e. The van der Waals surface area contributed by atoms with E-state index >= 15 is 0 Å². The van der Waals surface area contributed by atoms with Crippen LogP contribution in [0.4, 0.5) is 0 Å². The Balaban J connectivity index is 1.63. The van der Waals surface area contributed by atoms with Gasteiger partial charge in [0.25, 0.3) is 5.56 Å². The average Bonchev–Trinajstić information content (AvgIpc) is 2.92. The van der Waals surface area contributed by atoms with E-state index in [4.69, 9.17) is 16.6 Å². The summed E-state index contributed by atoms with van der Waals surface area (Å²) in [6.45, 7) is 2.28. The first-order valence-corrected chi connectivity index (χ1v) is 10.2. The third-order valence-corrected chi connectivity index (χ3v) is 6.78. The second-order valence-electron chi connectivity index (χ2n) is 6.32. The first kappa shape index (κ1) is 16.2. The van der Waals surface area contributed by atoms with Gasteiger partial charge in [-0.15, -0.1) is 11.3 Å². The minimum absolute atomic E-state index is 0.00524. The number of fused-ring (bicyclic) bond motifs is 3. The number of benzene rings is 1. The van der Waals surface area contributed by atoms with Crippen molar-refractivity contribution < 1.29 is 0 Å². The van der Waals surface area contributed by atoms with Crippen molar-refractivity contribution in [1.29, 1.82) is 0 Å². The van der Waals surface area contributed by atoms with E-state index in [-0.39, 0.29) is 5.56 Å². The molecular weight excluding hydrogens is 360 g/mol. The maximum atomic E-state index is 12.6. The van der Waals surface area contributed by atoms with Crippen LogP contribution in [0.1, 0.15) is 29.3 Å². The van der Waals surface area contributed by atoms with Gasteiger partial charge in [0.1, 0.15) is 4.83 Å². The van der Waals surface area contributed by atoms with Crippen molar-refractivity contribution in [2.24, 2.45) is 5.92 Å². The maximum absolute atomic E-state index is 12.6. The van der Waals surface area contributed by atoms with E-state index < -0.39 is 0 Å². The molecule has 124 valence electrons. The SMILES string of the molecule is C[C@@H]1CCc2c(sc3nc(SCc4ccc(Cl)cc4)[nH]c(=O)c23)C1. The number of aryl methyl sites for hydroxylation is 1. The highest BCUT2D eigenvalue weighted by Gasteiger charge is 2.23. The second-order valence-corrected chi connectivity index (χ2v) is 8.80. The van der Waals surface area contributed by atoms with Gasteiger partial charge in [-0.3, -0.25) is 4.79 Å². The lowest BCUT2D eigenvalue weighted by Crippen LogP contribution is -2.13. The molecule has 3 aromatic rings. The minimum Gasteiger partial charge on any atom is -0.301 e. The Morgan fingerprint density at radius 1 is 1.38 bits per heavy atom. The summed E-state index contributed by atoms with van der Waals surface area (Å²) in [7, 11) is 0. The predicted octanol–water partition coefficient (Wildman–Crippen LogP) is 5.06. The Hall–Kier alpha value is -1.30. The van der Waals surface area contributed by atoms with Crippen molar-refractivity contribution in [3.05, 3.63) is 55.6 Å². The van der Waals surface area contributed by atoms with Crippen LogP contribution in [0.25, 0.3) is 10.2 Å². The highest BCUT2D eigenvalue weighted by atomic mass is 35.5. The van der Waals surface area contributed by atoms with Crippen LogP contribution in [0.3, 0.4) is 0 Å². The molecule has 0 saturated heterocycles. The molecule has 0 spiro atoms. The van der Waals surface area contributed by atoms with E-state index in [0.717, 1.165) is 45.8 Å². The fraction of sp³-hybridized carbons (Fsp3) is 0.333. The molecular formula is C18H17ClN2OS2. The molecule has 0 radical (unpaired) electrons. The third-order valence-electron chi connectivity index (χ3n) is 4.43. The lowest BCUT2D eigenvalue weighted by atomic mass is 9.89. The van der Waals surface area contributed by atoms with E-state index in [2.05, 4.69) is 11.9 Å². The molecule has 1 atom stereocenters. The summed E-state index contributed by atoms with van der Waals surface area (Å²) in [5.74, 6) is 1.46. The highest BCUT2D eigenvalue weighted by Crippen LogP contribution is 2.36. The number of H-pyrrole nitrogens is 1. The van der Waals surface area contributed by atoms with Gasteiger partial charge in [0.15, 0.2) is 5.16 Å². The Labute approximate surface area is 153 Å². The molecule has 2 heterocycles. The third kappa shape index (κ3) is 3.13. The van der Waals surface area contributed by atoms with Crippen LogP contribution in [0.15, 0.2) is 34.2 Å². The number of halogens is 1. The molecule has 6 heteroatoms. The summed E-state index contributed by atoms with van der Waals surface area (Å²) in [5.41, 5.74) is 2.40. The molecule has 1 N–H and O–H groups in total. The Morgan fingerprint density at radius 2 is 2.17 bits per heavy atom. The zero-order valence-corrected chi connectivity index (χ0v) is 15.7. The number of thioether (sulfide) groups is 1. The predicted molar refractivity (Wildman–Crippen MR) is 102 cm³/mol. The molecule has 3 nitrogen and oxygen atoms in total. The van der Waals surface area contributed by atoms with Crippen LogP contribution in [-0.2, 0) is 18.6 Å². The van der Waals surface area contributed by atoms with Gasteiger partial charge in [-0.2, -0.15) is 0 Å². The minimum atomic E-state index is 0.00524. The number of aromatic amines is 1. The van der Waals surface area contributed by atoms with E-state index in [1.54, 1.807) is 23.1 Å². The lowest BCUT2D eigenvalue weighted by Gasteiger charge is -2.17. The van der Waals surface area contributed by atoms with Gasteiger partial charge < -0.3 is 4.98 Å². The van der Waals surface area contributed by atoms with Crippen LogP contribution < -0.4 is 5.56 Å².